The van der Waals surface area contributed by atoms with Crippen LogP contribution in [0.1, 0.15) is 0 Å². The monoisotopic (exact) mass is 188 g/mol. The molecular weight excluding hydrogens is 187 g/mol. The van der Waals surface area contributed by atoms with Crippen molar-refractivity contribution >= 4 is 34.4 Å². The highest BCUT2D eigenvalue weighted by atomic mass is 35.5. The second-order valence-corrected chi connectivity index (χ2v) is 2.73. The van der Waals surface area contributed by atoms with Crippen LogP contribution >= 0.6 is 23.2 Å². The second-order valence-electron chi connectivity index (χ2n) is 1.94. The highest BCUT2D eigenvalue weighted by molar-refractivity contribution is 6.37. The maximum Gasteiger partial charge on any atom is 0.178 e. The van der Waals surface area contributed by atoms with E-state index in [9.17, 15) is 0 Å². The molecule has 0 fully saturated rings. The molecule has 0 amide bonds. The number of nitrogens with zero attached hydrogens (tertiary/aromatic N) is 3. The van der Waals surface area contributed by atoms with Gasteiger partial charge in [0.25, 0.3) is 0 Å². The van der Waals surface area contributed by atoms with Crippen LogP contribution in [0.4, 0.5) is 0 Å². The van der Waals surface area contributed by atoms with Crippen LogP contribution in [-0.4, -0.2) is 20.4 Å². The summed E-state index contributed by atoms with van der Waals surface area (Å²) in [6, 6.07) is 1.52. The van der Waals surface area contributed by atoms with E-state index in [-0.39, 0.29) is 0 Å². The SMILES string of the molecule is Clc1cc(Cl)c2nn[nH]c2n1. The molecule has 4 nitrogen and oxygen atoms in total. The van der Waals surface area contributed by atoms with E-state index in [1.807, 2.05) is 0 Å². The van der Waals surface area contributed by atoms with Crippen molar-refractivity contribution in [2.45, 2.75) is 0 Å². The number of rotatable bonds is 0. The largest absolute Gasteiger partial charge is 0.240 e. The van der Waals surface area contributed by atoms with E-state index in [1.165, 1.54) is 6.07 Å². The van der Waals surface area contributed by atoms with Crippen molar-refractivity contribution in [2.75, 3.05) is 0 Å². The average Bonchev–Trinajstić information content (AvgIpc) is 2.34. The summed E-state index contributed by atoms with van der Waals surface area (Å²) in [4.78, 5) is 3.90. The average molecular weight is 189 g/mol. The third-order valence-corrected chi connectivity index (χ3v) is 1.70. The Morgan fingerprint density at radius 2 is 2.18 bits per heavy atom. The van der Waals surface area contributed by atoms with Gasteiger partial charge < -0.3 is 0 Å². The van der Waals surface area contributed by atoms with E-state index in [0.717, 1.165) is 0 Å². The maximum atomic E-state index is 5.76. The third-order valence-electron chi connectivity index (χ3n) is 1.22. The lowest BCUT2D eigenvalue weighted by Crippen LogP contribution is -1.78. The summed E-state index contributed by atoms with van der Waals surface area (Å²) in [5, 5.41) is 10.6. The van der Waals surface area contributed by atoms with Gasteiger partial charge in [-0.3, -0.25) is 0 Å². The Kier molecular flexibility index (Phi) is 1.44. The highest BCUT2D eigenvalue weighted by Gasteiger charge is 2.04. The summed E-state index contributed by atoms with van der Waals surface area (Å²) in [7, 11) is 0. The van der Waals surface area contributed by atoms with Gasteiger partial charge in [-0.2, -0.15) is 0 Å². The van der Waals surface area contributed by atoms with Crippen molar-refractivity contribution in [1.29, 1.82) is 0 Å². The Balaban J connectivity index is 2.91. The molecule has 0 aliphatic carbocycles. The molecule has 0 aliphatic rings. The number of aromatic nitrogens is 4. The molecule has 2 aromatic rings. The predicted octanol–water partition coefficient (Wildman–Crippen LogP) is 1.66. The summed E-state index contributed by atoms with van der Waals surface area (Å²) in [6.45, 7) is 0. The van der Waals surface area contributed by atoms with Crippen LogP contribution < -0.4 is 0 Å². The molecule has 0 aliphatic heterocycles. The van der Waals surface area contributed by atoms with Gasteiger partial charge in [0.15, 0.2) is 11.2 Å². The lowest BCUT2D eigenvalue weighted by Gasteiger charge is -1.90. The third kappa shape index (κ3) is 1.04. The second kappa shape index (κ2) is 2.32. The molecule has 0 radical (unpaired) electrons. The fourth-order valence-electron chi connectivity index (χ4n) is 0.774. The smallest absolute Gasteiger partial charge is 0.178 e. The molecule has 0 unspecified atom stereocenters. The van der Waals surface area contributed by atoms with E-state index >= 15 is 0 Å². The molecule has 2 heterocycles. The van der Waals surface area contributed by atoms with Crippen molar-refractivity contribution in [3.63, 3.8) is 0 Å². The molecule has 0 saturated heterocycles. The van der Waals surface area contributed by atoms with Crippen molar-refractivity contribution in [3.8, 4) is 0 Å². The molecule has 11 heavy (non-hydrogen) atoms. The van der Waals surface area contributed by atoms with Gasteiger partial charge in [-0.15, -0.1) is 5.10 Å². The van der Waals surface area contributed by atoms with E-state index in [0.29, 0.717) is 21.3 Å². The zero-order valence-corrected chi connectivity index (χ0v) is 6.69. The van der Waals surface area contributed by atoms with Gasteiger partial charge in [-0.25, -0.2) is 10.1 Å². The van der Waals surface area contributed by atoms with Crippen LogP contribution in [0.15, 0.2) is 6.07 Å². The normalized spacial score (nSPS) is 10.7. The van der Waals surface area contributed by atoms with Gasteiger partial charge in [0.1, 0.15) is 5.15 Å². The maximum absolute atomic E-state index is 5.76. The Morgan fingerprint density at radius 1 is 1.36 bits per heavy atom. The number of fused-ring (bicyclic) bond motifs is 1. The topological polar surface area (TPSA) is 54.5 Å². The minimum absolute atomic E-state index is 0.327. The molecule has 1 N–H and O–H groups in total. The van der Waals surface area contributed by atoms with Crippen molar-refractivity contribution in [2.24, 2.45) is 0 Å². The Labute approximate surface area is 71.5 Å². The summed E-state index contributed by atoms with van der Waals surface area (Å²) < 4.78 is 0. The van der Waals surface area contributed by atoms with Crippen molar-refractivity contribution in [1.82, 2.24) is 20.4 Å². The summed E-state index contributed by atoms with van der Waals surface area (Å²) in [5.41, 5.74) is 1.04. The molecular formula is C5H2Cl2N4. The molecule has 0 saturated carbocycles. The number of nitrogens with one attached hydrogen (secondary N) is 1. The number of hydrogen-bond acceptors (Lipinski definition) is 3. The molecule has 0 atom stereocenters. The molecule has 2 aromatic heterocycles. The first-order chi connectivity index (χ1) is 5.27. The van der Waals surface area contributed by atoms with Gasteiger partial charge in [0, 0.05) is 0 Å². The predicted molar refractivity (Wildman–Crippen MR) is 41.7 cm³/mol. The summed E-state index contributed by atoms with van der Waals surface area (Å²) in [5.74, 6) is 0. The number of aromatic amines is 1. The first-order valence-electron chi connectivity index (χ1n) is 2.80. The Morgan fingerprint density at radius 3 is 3.00 bits per heavy atom. The van der Waals surface area contributed by atoms with E-state index in [4.69, 9.17) is 23.2 Å². The minimum atomic E-state index is 0.327. The van der Waals surface area contributed by atoms with Crippen molar-refractivity contribution < 1.29 is 0 Å². The number of pyridine rings is 1. The number of hydrogen-bond donors (Lipinski definition) is 1. The fraction of sp³-hybridized carbons (Fsp3) is 0. The molecule has 6 heteroatoms. The van der Waals surface area contributed by atoms with Gasteiger partial charge in [0.05, 0.1) is 5.02 Å². The zero-order chi connectivity index (χ0) is 7.84. The van der Waals surface area contributed by atoms with Crippen molar-refractivity contribution in [3.05, 3.63) is 16.2 Å². The quantitative estimate of drug-likeness (QED) is 0.641. The lowest BCUT2D eigenvalue weighted by atomic mass is 10.4. The molecule has 0 bridgehead atoms. The highest BCUT2D eigenvalue weighted by Crippen LogP contribution is 2.20. The molecule has 2 rings (SSSR count). The first-order valence-corrected chi connectivity index (χ1v) is 3.56. The van der Waals surface area contributed by atoms with Crippen LogP contribution in [0.5, 0.6) is 0 Å². The molecule has 0 spiro atoms. The Bertz CT molecular complexity index is 396. The molecule has 56 valence electrons. The standard InChI is InChI=1S/C5H2Cl2N4/c6-2-1-3(7)8-5-4(2)9-11-10-5/h1H,(H,8,9,10,11). The van der Waals surface area contributed by atoms with Gasteiger partial charge in [0.2, 0.25) is 0 Å². The number of halogens is 2. The van der Waals surface area contributed by atoms with Crippen LogP contribution in [-0.2, 0) is 0 Å². The zero-order valence-electron chi connectivity index (χ0n) is 5.17. The van der Waals surface area contributed by atoms with E-state index in [1.54, 1.807) is 0 Å². The Hall–Kier alpha value is -0.870. The van der Waals surface area contributed by atoms with E-state index in [2.05, 4.69) is 20.4 Å². The summed E-state index contributed by atoms with van der Waals surface area (Å²) in [6.07, 6.45) is 0. The van der Waals surface area contributed by atoms with Crippen LogP contribution in [0.2, 0.25) is 10.2 Å². The van der Waals surface area contributed by atoms with E-state index < -0.39 is 0 Å². The van der Waals surface area contributed by atoms with Crippen LogP contribution in [0.25, 0.3) is 11.2 Å². The molecule has 0 aromatic carbocycles. The minimum Gasteiger partial charge on any atom is -0.240 e. The van der Waals surface area contributed by atoms with Crippen LogP contribution in [0, 0.1) is 0 Å². The summed E-state index contributed by atoms with van der Waals surface area (Å²) >= 11 is 11.4. The van der Waals surface area contributed by atoms with Gasteiger partial charge in [-0.1, -0.05) is 28.4 Å². The first kappa shape index (κ1) is 6.82. The van der Waals surface area contributed by atoms with Crippen LogP contribution in [0.3, 0.4) is 0 Å². The van der Waals surface area contributed by atoms with Gasteiger partial charge >= 0.3 is 0 Å². The van der Waals surface area contributed by atoms with Gasteiger partial charge in [-0.05, 0) is 6.07 Å². The lowest BCUT2D eigenvalue weighted by molar-refractivity contribution is 0.954. The number of H-pyrrole nitrogens is 1. The fourth-order valence-corrected chi connectivity index (χ4v) is 1.25.